The van der Waals surface area contributed by atoms with Crippen molar-refractivity contribution >= 4 is 38.9 Å². The Morgan fingerprint density at radius 1 is 1.00 bits per heavy atom. The van der Waals surface area contributed by atoms with Crippen LogP contribution in [0.4, 0.5) is 17.1 Å². The summed E-state index contributed by atoms with van der Waals surface area (Å²) in [5.74, 6) is -0.223. The third-order valence-corrected chi connectivity index (χ3v) is 3.10. The number of rotatable bonds is 2. The number of hydrogen-bond acceptors (Lipinski definition) is 3. The molecule has 0 heterocycles. The van der Waals surface area contributed by atoms with Gasteiger partial charge >= 0.3 is 0 Å². The lowest BCUT2D eigenvalue weighted by Gasteiger charge is -2.08. The van der Waals surface area contributed by atoms with Crippen molar-refractivity contribution in [2.75, 3.05) is 16.8 Å². The zero-order chi connectivity index (χ0) is 13.1. The zero-order valence-electron chi connectivity index (χ0n) is 9.48. The molecule has 2 rings (SSSR count). The van der Waals surface area contributed by atoms with Gasteiger partial charge in [0, 0.05) is 21.5 Å². The second-order valence-electron chi connectivity index (χ2n) is 3.82. The van der Waals surface area contributed by atoms with Crippen molar-refractivity contribution in [3.8, 4) is 0 Å². The molecule has 0 saturated heterocycles. The number of benzene rings is 2. The van der Waals surface area contributed by atoms with E-state index in [1.165, 1.54) is 0 Å². The highest BCUT2D eigenvalue weighted by atomic mass is 79.9. The molecule has 0 atom stereocenters. The molecule has 0 saturated carbocycles. The Morgan fingerprint density at radius 3 is 2.28 bits per heavy atom. The van der Waals surface area contributed by atoms with Gasteiger partial charge in [0.1, 0.15) is 0 Å². The van der Waals surface area contributed by atoms with Crippen molar-refractivity contribution in [2.45, 2.75) is 0 Å². The summed E-state index contributed by atoms with van der Waals surface area (Å²) in [4.78, 5) is 12.0. The van der Waals surface area contributed by atoms with Gasteiger partial charge in [-0.2, -0.15) is 0 Å². The van der Waals surface area contributed by atoms with Crippen LogP contribution >= 0.6 is 15.9 Å². The quantitative estimate of drug-likeness (QED) is 0.746. The smallest absolute Gasteiger partial charge is 0.256 e. The molecule has 5 N–H and O–H groups in total. The number of amides is 1. The van der Waals surface area contributed by atoms with Gasteiger partial charge in [-0.05, 0) is 58.4 Å². The number of halogens is 1. The van der Waals surface area contributed by atoms with Crippen molar-refractivity contribution in [1.82, 2.24) is 0 Å². The van der Waals surface area contributed by atoms with Gasteiger partial charge in [-0.3, -0.25) is 4.79 Å². The Hall–Kier alpha value is -2.01. The first kappa shape index (κ1) is 12.4. The predicted molar refractivity (Wildman–Crippen MR) is 77.4 cm³/mol. The van der Waals surface area contributed by atoms with Gasteiger partial charge < -0.3 is 16.8 Å². The summed E-state index contributed by atoms with van der Waals surface area (Å²) in [5, 5.41) is 2.77. The van der Waals surface area contributed by atoms with E-state index < -0.39 is 0 Å². The Labute approximate surface area is 113 Å². The highest BCUT2D eigenvalue weighted by molar-refractivity contribution is 9.10. The molecule has 0 bridgehead atoms. The summed E-state index contributed by atoms with van der Waals surface area (Å²) in [5.41, 5.74) is 13.6. The van der Waals surface area contributed by atoms with Crippen LogP contribution in [0.3, 0.4) is 0 Å². The SMILES string of the molecule is Nc1ccc(NC(=O)c2cc(N)ccc2Br)cc1. The van der Waals surface area contributed by atoms with Gasteiger partial charge in [0.25, 0.3) is 5.91 Å². The molecule has 4 nitrogen and oxygen atoms in total. The molecular weight excluding hydrogens is 294 g/mol. The van der Waals surface area contributed by atoms with Crippen molar-refractivity contribution in [1.29, 1.82) is 0 Å². The summed E-state index contributed by atoms with van der Waals surface area (Å²) in [6, 6.07) is 12.0. The van der Waals surface area contributed by atoms with Crippen LogP contribution in [-0.4, -0.2) is 5.91 Å². The monoisotopic (exact) mass is 305 g/mol. The van der Waals surface area contributed by atoms with Crippen LogP contribution in [0.15, 0.2) is 46.9 Å². The van der Waals surface area contributed by atoms with E-state index >= 15 is 0 Å². The molecular formula is C13H12BrN3O. The van der Waals surface area contributed by atoms with Gasteiger partial charge in [0.2, 0.25) is 0 Å². The lowest BCUT2D eigenvalue weighted by Crippen LogP contribution is -2.12. The summed E-state index contributed by atoms with van der Waals surface area (Å²) in [6.45, 7) is 0. The maximum absolute atomic E-state index is 12.0. The van der Waals surface area contributed by atoms with E-state index in [0.717, 1.165) is 0 Å². The number of nitrogen functional groups attached to an aromatic ring is 2. The fraction of sp³-hybridized carbons (Fsp3) is 0. The van der Waals surface area contributed by atoms with E-state index in [4.69, 9.17) is 11.5 Å². The van der Waals surface area contributed by atoms with Gasteiger partial charge in [0.05, 0.1) is 5.56 Å². The van der Waals surface area contributed by atoms with Crippen LogP contribution in [0.1, 0.15) is 10.4 Å². The topological polar surface area (TPSA) is 81.1 Å². The first-order valence-electron chi connectivity index (χ1n) is 5.28. The van der Waals surface area contributed by atoms with Crippen LogP contribution in [0.2, 0.25) is 0 Å². The van der Waals surface area contributed by atoms with Gasteiger partial charge in [-0.1, -0.05) is 0 Å². The summed E-state index contributed by atoms with van der Waals surface area (Å²) < 4.78 is 0.699. The number of nitrogens with one attached hydrogen (secondary N) is 1. The maximum Gasteiger partial charge on any atom is 0.256 e. The fourth-order valence-corrected chi connectivity index (χ4v) is 1.91. The molecule has 0 aliphatic rings. The standard InChI is InChI=1S/C13H12BrN3O/c14-12-6-3-9(16)7-11(12)13(18)17-10-4-1-8(15)2-5-10/h1-7H,15-16H2,(H,17,18). The number of carbonyl (C=O) groups excluding carboxylic acids is 1. The molecule has 0 aliphatic carbocycles. The second kappa shape index (κ2) is 5.10. The molecule has 0 fully saturated rings. The molecule has 2 aromatic rings. The first-order chi connectivity index (χ1) is 8.56. The normalized spacial score (nSPS) is 10.1. The van der Waals surface area contributed by atoms with Crippen molar-refractivity contribution in [2.24, 2.45) is 0 Å². The number of carbonyl (C=O) groups is 1. The molecule has 1 amide bonds. The second-order valence-corrected chi connectivity index (χ2v) is 4.67. The Morgan fingerprint density at radius 2 is 1.61 bits per heavy atom. The van der Waals surface area contributed by atoms with E-state index in [1.807, 2.05) is 0 Å². The van der Waals surface area contributed by atoms with E-state index in [1.54, 1.807) is 42.5 Å². The van der Waals surface area contributed by atoms with Crippen LogP contribution in [0.5, 0.6) is 0 Å². The highest BCUT2D eigenvalue weighted by Crippen LogP contribution is 2.21. The molecule has 0 radical (unpaired) electrons. The third kappa shape index (κ3) is 2.81. The summed E-state index contributed by atoms with van der Waals surface area (Å²) >= 11 is 3.32. The Kier molecular flexibility index (Phi) is 3.53. The summed E-state index contributed by atoms with van der Waals surface area (Å²) in [6.07, 6.45) is 0. The van der Waals surface area contributed by atoms with Gasteiger partial charge in [-0.15, -0.1) is 0 Å². The summed E-state index contributed by atoms with van der Waals surface area (Å²) in [7, 11) is 0. The van der Waals surface area contributed by atoms with Crippen molar-refractivity contribution in [3.05, 3.63) is 52.5 Å². The Balaban J connectivity index is 2.21. The highest BCUT2D eigenvalue weighted by Gasteiger charge is 2.10. The lowest BCUT2D eigenvalue weighted by atomic mass is 10.2. The van der Waals surface area contributed by atoms with E-state index in [2.05, 4.69) is 21.2 Å². The Bertz CT molecular complexity index is 581. The molecule has 92 valence electrons. The largest absolute Gasteiger partial charge is 0.399 e. The number of anilines is 3. The third-order valence-electron chi connectivity index (χ3n) is 2.40. The lowest BCUT2D eigenvalue weighted by molar-refractivity contribution is 0.102. The van der Waals surface area contributed by atoms with E-state index in [-0.39, 0.29) is 5.91 Å². The maximum atomic E-state index is 12.0. The molecule has 2 aromatic carbocycles. The molecule has 0 unspecified atom stereocenters. The molecule has 0 spiro atoms. The predicted octanol–water partition coefficient (Wildman–Crippen LogP) is 2.87. The molecule has 18 heavy (non-hydrogen) atoms. The fourth-order valence-electron chi connectivity index (χ4n) is 1.48. The minimum Gasteiger partial charge on any atom is -0.399 e. The van der Waals surface area contributed by atoms with Crippen LogP contribution in [-0.2, 0) is 0 Å². The number of nitrogens with two attached hydrogens (primary N) is 2. The van der Waals surface area contributed by atoms with E-state index in [9.17, 15) is 4.79 Å². The van der Waals surface area contributed by atoms with Crippen molar-refractivity contribution in [3.63, 3.8) is 0 Å². The minimum absolute atomic E-state index is 0.223. The van der Waals surface area contributed by atoms with Crippen molar-refractivity contribution < 1.29 is 4.79 Å². The van der Waals surface area contributed by atoms with Gasteiger partial charge in [-0.25, -0.2) is 0 Å². The van der Waals surface area contributed by atoms with Crippen LogP contribution < -0.4 is 16.8 Å². The van der Waals surface area contributed by atoms with Crippen LogP contribution in [0.25, 0.3) is 0 Å². The molecule has 0 aromatic heterocycles. The van der Waals surface area contributed by atoms with Gasteiger partial charge in [0.15, 0.2) is 0 Å². The number of hydrogen-bond donors (Lipinski definition) is 3. The van der Waals surface area contributed by atoms with E-state index in [0.29, 0.717) is 27.1 Å². The van der Waals surface area contributed by atoms with Crippen LogP contribution in [0, 0.1) is 0 Å². The minimum atomic E-state index is -0.223. The average Bonchev–Trinajstić information content (AvgIpc) is 2.35. The first-order valence-corrected chi connectivity index (χ1v) is 6.07. The zero-order valence-corrected chi connectivity index (χ0v) is 11.1. The molecule has 5 heteroatoms. The molecule has 0 aliphatic heterocycles. The average molecular weight is 306 g/mol.